The van der Waals surface area contributed by atoms with Crippen LogP contribution >= 0.6 is 0 Å². The molecule has 2 N–H and O–H groups in total. The second-order valence-electron chi connectivity index (χ2n) is 6.23. The predicted octanol–water partition coefficient (Wildman–Crippen LogP) is 1.63. The molecule has 10 heteroatoms. The number of ether oxygens (including phenoxy) is 3. The van der Waals surface area contributed by atoms with Gasteiger partial charge in [-0.25, -0.2) is 4.79 Å². The van der Waals surface area contributed by atoms with E-state index in [2.05, 4.69) is 10.1 Å². The molecule has 1 aliphatic rings. The van der Waals surface area contributed by atoms with E-state index in [1.165, 1.54) is 14.2 Å². The van der Waals surface area contributed by atoms with Crippen LogP contribution in [0, 0.1) is 0 Å². The number of hydrogen-bond donors (Lipinski definition) is 2. The molecule has 0 radical (unpaired) electrons. The first kappa shape index (κ1) is 21.1. The molecule has 0 amide bonds. The van der Waals surface area contributed by atoms with Crippen LogP contribution in [0.5, 0.6) is 17.2 Å². The number of phenolic OH excluding ortho intramolecular Hbond substituents is 1. The number of carbonyl (C=O) groups is 1. The summed E-state index contributed by atoms with van der Waals surface area (Å²) in [5.41, 5.74) is -3.53. The van der Waals surface area contributed by atoms with Gasteiger partial charge in [-0.05, 0) is 19.1 Å². The number of rotatable bonds is 5. The zero-order chi connectivity index (χ0) is 20.4. The normalized spacial score (nSPS) is 20.6. The second kappa shape index (κ2) is 7.81. The van der Waals surface area contributed by atoms with E-state index in [9.17, 15) is 23.1 Å². The van der Waals surface area contributed by atoms with Crippen LogP contribution < -0.4 is 14.8 Å². The van der Waals surface area contributed by atoms with Gasteiger partial charge in [-0.2, -0.15) is 13.2 Å². The van der Waals surface area contributed by atoms with Gasteiger partial charge in [-0.1, -0.05) is 0 Å². The lowest BCUT2D eigenvalue weighted by Crippen LogP contribution is -2.66. The van der Waals surface area contributed by atoms with Crippen molar-refractivity contribution in [2.75, 3.05) is 41.0 Å². The molecule has 1 aromatic carbocycles. The first-order valence-corrected chi connectivity index (χ1v) is 8.22. The third-order valence-electron chi connectivity index (χ3n) is 4.63. The smallest absolute Gasteiger partial charge is 0.421 e. The minimum absolute atomic E-state index is 0.0372. The van der Waals surface area contributed by atoms with Crippen molar-refractivity contribution >= 4 is 5.97 Å². The highest BCUT2D eigenvalue weighted by Crippen LogP contribution is 2.49. The number of nitrogens with zero attached hydrogens (tertiary/aromatic N) is 1. The van der Waals surface area contributed by atoms with Gasteiger partial charge in [-0.3, -0.25) is 4.90 Å². The van der Waals surface area contributed by atoms with Crippen molar-refractivity contribution in [1.82, 2.24) is 10.2 Å². The third-order valence-corrected chi connectivity index (χ3v) is 4.63. The summed E-state index contributed by atoms with van der Waals surface area (Å²) in [5.74, 6) is -2.42. The number of halogens is 3. The standard InChI is InChI=1S/C17H23F3N2O5/c1-10-9-22(6-5-21-10)16(15(24)27-4,17(18,19)20)11-7-12(25-2)14(23)13(8-11)26-3/h7-8,10,21,23H,5-6,9H2,1-4H3/t10-,16-/m0/s1. The van der Waals surface area contributed by atoms with E-state index in [-0.39, 0.29) is 37.2 Å². The van der Waals surface area contributed by atoms with E-state index in [1.54, 1.807) is 6.92 Å². The highest BCUT2D eigenvalue weighted by Gasteiger charge is 2.66. The molecular weight excluding hydrogens is 369 g/mol. The first-order valence-electron chi connectivity index (χ1n) is 8.22. The summed E-state index contributed by atoms with van der Waals surface area (Å²) in [6, 6.07) is 1.69. The van der Waals surface area contributed by atoms with Gasteiger partial charge in [-0.15, -0.1) is 0 Å². The molecule has 0 aliphatic carbocycles. The van der Waals surface area contributed by atoms with Crippen molar-refractivity contribution in [3.05, 3.63) is 17.7 Å². The number of alkyl halides is 3. The molecule has 1 aromatic rings. The number of esters is 1. The van der Waals surface area contributed by atoms with E-state index in [1.807, 2.05) is 0 Å². The highest BCUT2D eigenvalue weighted by atomic mass is 19.4. The summed E-state index contributed by atoms with van der Waals surface area (Å²) in [4.78, 5) is 13.7. The molecule has 0 aromatic heterocycles. The van der Waals surface area contributed by atoms with Crippen LogP contribution in [0.3, 0.4) is 0 Å². The number of benzene rings is 1. The number of hydrogen-bond acceptors (Lipinski definition) is 7. The fraction of sp³-hybridized carbons (Fsp3) is 0.588. The average molecular weight is 392 g/mol. The van der Waals surface area contributed by atoms with Crippen LogP contribution in [0.25, 0.3) is 0 Å². The zero-order valence-corrected chi connectivity index (χ0v) is 15.5. The van der Waals surface area contributed by atoms with E-state index >= 15 is 0 Å². The van der Waals surface area contributed by atoms with Crippen LogP contribution in [0.4, 0.5) is 13.2 Å². The fourth-order valence-electron chi connectivity index (χ4n) is 3.38. The van der Waals surface area contributed by atoms with Crippen LogP contribution in [0.2, 0.25) is 0 Å². The number of methoxy groups -OCH3 is 3. The third kappa shape index (κ3) is 3.51. The molecule has 1 fully saturated rings. The Bertz CT molecular complexity index is 673. The van der Waals surface area contributed by atoms with Crippen molar-refractivity contribution in [1.29, 1.82) is 0 Å². The molecule has 0 unspecified atom stereocenters. The topological polar surface area (TPSA) is 80.3 Å². The van der Waals surface area contributed by atoms with Gasteiger partial charge in [0.25, 0.3) is 0 Å². The molecular formula is C17H23F3N2O5. The number of aromatic hydroxyl groups is 1. The minimum Gasteiger partial charge on any atom is -0.502 e. The van der Waals surface area contributed by atoms with Gasteiger partial charge < -0.3 is 24.6 Å². The summed E-state index contributed by atoms with van der Waals surface area (Å²) < 4.78 is 58.0. The monoisotopic (exact) mass is 392 g/mol. The highest BCUT2D eigenvalue weighted by molar-refractivity contribution is 5.84. The first-order chi connectivity index (χ1) is 12.6. The Hall–Kier alpha value is -2.20. The maximum absolute atomic E-state index is 14.5. The van der Waals surface area contributed by atoms with Crippen molar-refractivity contribution < 1.29 is 37.3 Å². The Kier molecular flexibility index (Phi) is 6.10. The van der Waals surface area contributed by atoms with Crippen LogP contribution in [0.1, 0.15) is 12.5 Å². The maximum atomic E-state index is 14.5. The van der Waals surface area contributed by atoms with Gasteiger partial charge in [0, 0.05) is 31.2 Å². The lowest BCUT2D eigenvalue weighted by molar-refractivity contribution is -0.246. The Morgan fingerprint density at radius 3 is 2.19 bits per heavy atom. The van der Waals surface area contributed by atoms with Gasteiger partial charge >= 0.3 is 12.1 Å². The van der Waals surface area contributed by atoms with Crippen molar-refractivity contribution in [3.8, 4) is 17.2 Å². The summed E-state index contributed by atoms with van der Waals surface area (Å²) in [7, 11) is 3.29. The van der Waals surface area contributed by atoms with Crippen LogP contribution in [-0.4, -0.2) is 69.2 Å². The number of nitrogens with one attached hydrogen (secondary N) is 1. The lowest BCUT2D eigenvalue weighted by Gasteiger charge is -2.46. The number of phenols is 1. The summed E-state index contributed by atoms with van der Waals surface area (Å²) in [6.45, 7) is 1.91. The minimum atomic E-state index is -5.01. The molecule has 0 saturated carbocycles. The lowest BCUT2D eigenvalue weighted by atomic mass is 9.85. The molecule has 1 saturated heterocycles. The largest absolute Gasteiger partial charge is 0.502 e. The van der Waals surface area contributed by atoms with Gasteiger partial charge in [0.2, 0.25) is 11.3 Å². The molecule has 1 aliphatic heterocycles. The molecule has 0 spiro atoms. The Morgan fingerprint density at radius 1 is 1.22 bits per heavy atom. The number of carbonyl (C=O) groups excluding carboxylic acids is 1. The quantitative estimate of drug-likeness (QED) is 0.738. The van der Waals surface area contributed by atoms with E-state index < -0.39 is 29.0 Å². The van der Waals surface area contributed by atoms with Crippen molar-refractivity contribution in [2.45, 2.75) is 24.7 Å². The molecule has 2 atom stereocenters. The molecule has 27 heavy (non-hydrogen) atoms. The summed E-state index contributed by atoms with van der Waals surface area (Å²) in [6.07, 6.45) is -5.01. The van der Waals surface area contributed by atoms with E-state index in [0.29, 0.717) is 0 Å². The van der Waals surface area contributed by atoms with Crippen LogP contribution in [0.15, 0.2) is 12.1 Å². The van der Waals surface area contributed by atoms with Gasteiger partial charge in [0.15, 0.2) is 11.5 Å². The molecule has 2 rings (SSSR count). The van der Waals surface area contributed by atoms with Crippen molar-refractivity contribution in [3.63, 3.8) is 0 Å². The van der Waals surface area contributed by atoms with E-state index in [0.717, 1.165) is 24.1 Å². The Balaban J connectivity index is 2.81. The fourth-order valence-corrected chi connectivity index (χ4v) is 3.38. The maximum Gasteiger partial charge on any atom is 0.421 e. The Morgan fingerprint density at radius 2 is 1.78 bits per heavy atom. The van der Waals surface area contributed by atoms with Gasteiger partial charge in [0.05, 0.1) is 21.3 Å². The molecule has 7 nitrogen and oxygen atoms in total. The Labute approximate surface area is 155 Å². The molecule has 152 valence electrons. The SMILES string of the molecule is COC(=O)[C@](c1cc(OC)c(O)c(OC)c1)(N1CCN[C@@H](C)C1)C(F)(F)F. The number of piperazine rings is 1. The predicted molar refractivity (Wildman–Crippen MR) is 90.0 cm³/mol. The van der Waals surface area contributed by atoms with Gasteiger partial charge in [0.1, 0.15) is 0 Å². The second-order valence-corrected chi connectivity index (χ2v) is 6.23. The molecule has 1 heterocycles. The van der Waals surface area contributed by atoms with Crippen molar-refractivity contribution in [2.24, 2.45) is 0 Å². The average Bonchev–Trinajstić information content (AvgIpc) is 2.61. The molecule has 0 bridgehead atoms. The summed E-state index contributed by atoms with van der Waals surface area (Å²) in [5, 5.41) is 13.1. The van der Waals surface area contributed by atoms with E-state index in [4.69, 9.17) is 9.47 Å². The van der Waals surface area contributed by atoms with Crippen LogP contribution in [-0.2, 0) is 15.1 Å². The summed E-state index contributed by atoms with van der Waals surface area (Å²) >= 11 is 0. The zero-order valence-electron chi connectivity index (χ0n) is 15.5.